The van der Waals surface area contributed by atoms with Crippen LogP contribution in [-0.4, -0.2) is 21.9 Å². The van der Waals surface area contributed by atoms with E-state index >= 15 is 0 Å². The van der Waals surface area contributed by atoms with E-state index < -0.39 is 10.0 Å². The van der Waals surface area contributed by atoms with Gasteiger partial charge in [0.05, 0.1) is 11.8 Å². The van der Waals surface area contributed by atoms with Gasteiger partial charge in [0.2, 0.25) is 0 Å². The van der Waals surface area contributed by atoms with Crippen LogP contribution in [0.1, 0.15) is 36.8 Å². The molecule has 0 spiro atoms. The molecule has 0 bridgehead atoms. The highest BCUT2D eigenvalue weighted by Gasteiger charge is 2.19. The van der Waals surface area contributed by atoms with Gasteiger partial charge in [-0.15, -0.1) is 0 Å². The van der Waals surface area contributed by atoms with Crippen LogP contribution in [0.25, 0.3) is 0 Å². The Morgan fingerprint density at radius 3 is 1.43 bits per heavy atom. The SMILES string of the molecule is CC(C(=O)O[SiH2]OC(=O)C(C)c1ccccc1)c1ccccc1. The van der Waals surface area contributed by atoms with Crippen LogP contribution in [0.4, 0.5) is 0 Å². The molecule has 2 atom stereocenters. The highest BCUT2D eigenvalue weighted by atomic mass is 28.3. The van der Waals surface area contributed by atoms with Gasteiger partial charge in [0.1, 0.15) is 0 Å². The smallest absolute Gasteiger partial charge is 0.432 e. The first kappa shape index (κ1) is 17.0. The molecule has 4 nitrogen and oxygen atoms in total. The fourth-order valence-electron chi connectivity index (χ4n) is 2.15. The van der Waals surface area contributed by atoms with Crippen LogP contribution in [0.3, 0.4) is 0 Å². The topological polar surface area (TPSA) is 52.6 Å². The summed E-state index contributed by atoms with van der Waals surface area (Å²) in [6.45, 7) is 3.56. The van der Waals surface area contributed by atoms with E-state index in [0.717, 1.165) is 11.1 Å². The predicted octanol–water partition coefficient (Wildman–Crippen LogP) is 2.68. The minimum Gasteiger partial charge on any atom is -0.489 e. The van der Waals surface area contributed by atoms with Crippen molar-refractivity contribution in [2.45, 2.75) is 25.7 Å². The number of carbonyl (C=O) groups excluding carboxylic acids is 2. The van der Waals surface area contributed by atoms with E-state index in [2.05, 4.69) is 0 Å². The highest BCUT2D eigenvalue weighted by Crippen LogP contribution is 2.17. The Morgan fingerprint density at radius 1 is 0.739 bits per heavy atom. The molecule has 23 heavy (non-hydrogen) atoms. The van der Waals surface area contributed by atoms with Gasteiger partial charge in [-0.3, -0.25) is 9.59 Å². The van der Waals surface area contributed by atoms with E-state index in [4.69, 9.17) is 8.85 Å². The predicted molar refractivity (Wildman–Crippen MR) is 90.4 cm³/mol. The van der Waals surface area contributed by atoms with Gasteiger partial charge in [0.15, 0.2) is 0 Å². The molecular weight excluding hydrogens is 308 g/mol. The first-order valence-corrected chi connectivity index (χ1v) is 8.68. The molecule has 0 radical (unpaired) electrons. The summed E-state index contributed by atoms with van der Waals surface area (Å²) in [6, 6.07) is 18.8. The lowest BCUT2D eigenvalue weighted by Crippen LogP contribution is -2.22. The van der Waals surface area contributed by atoms with Crippen molar-refractivity contribution in [1.82, 2.24) is 0 Å². The largest absolute Gasteiger partial charge is 0.489 e. The summed E-state index contributed by atoms with van der Waals surface area (Å²) in [5, 5.41) is 0. The van der Waals surface area contributed by atoms with Crippen molar-refractivity contribution in [3.63, 3.8) is 0 Å². The number of carbonyl (C=O) groups is 2. The molecule has 0 aliphatic carbocycles. The van der Waals surface area contributed by atoms with Crippen molar-refractivity contribution in [2.75, 3.05) is 0 Å². The lowest BCUT2D eigenvalue weighted by atomic mass is 10.0. The molecule has 120 valence electrons. The van der Waals surface area contributed by atoms with Crippen molar-refractivity contribution in [3.05, 3.63) is 71.8 Å². The second-order valence-corrected chi connectivity index (χ2v) is 6.12. The minimum absolute atomic E-state index is 0.358. The number of benzene rings is 2. The summed E-state index contributed by atoms with van der Waals surface area (Å²) >= 11 is 0. The fraction of sp³-hybridized carbons (Fsp3) is 0.222. The average Bonchev–Trinajstić information content (AvgIpc) is 2.61. The Balaban J connectivity index is 1.80. The Morgan fingerprint density at radius 2 is 1.09 bits per heavy atom. The molecule has 2 aromatic carbocycles. The maximum atomic E-state index is 12.0. The summed E-state index contributed by atoms with van der Waals surface area (Å²) in [5.74, 6) is -1.45. The van der Waals surface area contributed by atoms with Crippen LogP contribution in [0.15, 0.2) is 60.7 Å². The van der Waals surface area contributed by atoms with Crippen LogP contribution in [0.2, 0.25) is 0 Å². The fourth-order valence-corrected chi connectivity index (χ4v) is 2.94. The molecule has 0 aliphatic heterocycles. The van der Waals surface area contributed by atoms with Gasteiger partial charge in [0, 0.05) is 0 Å². The van der Waals surface area contributed by atoms with E-state index in [-0.39, 0.29) is 23.8 Å². The molecule has 0 saturated heterocycles. The summed E-state index contributed by atoms with van der Waals surface area (Å²) in [4.78, 5) is 24.0. The van der Waals surface area contributed by atoms with E-state index in [1.807, 2.05) is 60.7 Å². The van der Waals surface area contributed by atoms with Crippen LogP contribution < -0.4 is 0 Å². The zero-order valence-corrected chi connectivity index (χ0v) is 14.7. The summed E-state index contributed by atoms with van der Waals surface area (Å²) < 4.78 is 10.3. The third-order valence-corrected chi connectivity index (χ3v) is 4.51. The van der Waals surface area contributed by atoms with E-state index in [1.165, 1.54) is 0 Å². The Hall–Kier alpha value is -2.40. The quantitative estimate of drug-likeness (QED) is 0.765. The molecular formula is C18H20O4Si. The zero-order valence-electron chi connectivity index (χ0n) is 13.3. The van der Waals surface area contributed by atoms with E-state index in [0.29, 0.717) is 0 Å². The maximum absolute atomic E-state index is 12.0. The molecule has 0 aliphatic rings. The van der Waals surface area contributed by atoms with Gasteiger partial charge in [-0.25, -0.2) is 0 Å². The van der Waals surface area contributed by atoms with Crippen LogP contribution in [0, 0.1) is 0 Å². The third-order valence-electron chi connectivity index (χ3n) is 3.71. The van der Waals surface area contributed by atoms with Crippen LogP contribution in [-0.2, 0) is 18.4 Å². The van der Waals surface area contributed by atoms with Crippen molar-refractivity contribution in [2.24, 2.45) is 0 Å². The van der Waals surface area contributed by atoms with Gasteiger partial charge in [-0.2, -0.15) is 0 Å². The third kappa shape index (κ3) is 4.79. The summed E-state index contributed by atoms with van der Waals surface area (Å²) in [5.41, 5.74) is 1.77. The Kier molecular flexibility index (Phi) is 6.11. The van der Waals surface area contributed by atoms with Crippen LogP contribution in [0.5, 0.6) is 0 Å². The molecule has 0 amide bonds. The zero-order chi connectivity index (χ0) is 16.7. The molecule has 2 unspecified atom stereocenters. The van der Waals surface area contributed by atoms with Crippen molar-refractivity contribution >= 4 is 21.9 Å². The van der Waals surface area contributed by atoms with Crippen molar-refractivity contribution < 1.29 is 18.4 Å². The van der Waals surface area contributed by atoms with Gasteiger partial charge >= 0.3 is 21.9 Å². The number of hydrogen-bond donors (Lipinski definition) is 0. The molecule has 0 heterocycles. The number of rotatable bonds is 6. The van der Waals surface area contributed by atoms with Gasteiger partial charge < -0.3 is 8.85 Å². The standard InChI is InChI=1S/C18H20O4Si/c1-13(15-9-5-3-6-10-15)17(19)21-23-22-18(20)14(2)16-11-7-4-8-12-16/h3-14H,23H2,1-2H3. The van der Waals surface area contributed by atoms with Gasteiger partial charge in [-0.05, 0) is 25.0 Å². The maximum Gasteiger partial charge on any atom is 0.432 e. The van der Waals surface area contributed by atoms with Gasteiger partial charge in [0.25, 0.3) is 0 Å². The summed E-state index contributed by atoms with van der Waals surface area (Å²) in [6.07, 6.45) is 0. The molecule has 0 fully saturated rings. The van der Waals surface area contributed by atoms with E-state index in [1.54, 1.807) is 13.8 Å². The molecule has 0 N–H and O–H groups in total. The van der Waals surface area contributed by atoms with E-state index in [9.17, 15) is 9.59 Å². The normalized spacial score (nSPS) is 13.5. The first-order chi connectivity index (χ1) is 11.1. The van der Waals surface area contributed by atoms with Crippen LogP contribution >= 0.6 is 0 Å². The highest BCUT2D eigenvalue weighted by molar-refractivity contribution is 6.26. The molecule has 0 saturated carbocycles. The Labute approximate surface area is 138 Å². The molecule has 2 aromatic rings. The lowest BCUT2D eigenvalue weighted by molar-refractivity contribution is -0.140. The number of hydrogen-bond acceptors (Lipinski definition) is 4. The summed E-state index contributed by atoms with van der Waals surface area (Å²) in [7, 11) is -1.68. The molecule has 2 rings (SSSR count). The Bertz CT molecular complexity index is 585. The lowest BCUT2D eigenvalue weighted by Gasteiger charge is -2.14. The van der Waals surface area contributed by atoms with Gasteiger partial charge in [-0.1, -0.05) is 60.7 Å². The second-order valence-electron chi connectivity index (χ2n) is 5.31. The second kappa shape index (κ2) is 8.29. The monoisotopic (exact) mass is 328 g/mol. The minimum atomic E-state index is -1.68. The molecule has 0 aromatic heterocycles. The average molecular weight is 328 g/mol. The first-order valence-electron chi connectivity index (χ1n) is 7.52. The van der Waals surface area contributed by atoms with Crippen molar-refractivity contribution in [3.8, 4) is 0 Å². The molecule has 5 heteroatoms. The van der Waals surface area contributed by atoms with Crippen molar-refractivity contribution in [1.29, 1.82) is 0 Å².